The maximum atomic E-state index is 13.8. The number of benzene rings is 2. The molecule has 1 amide bonds. The number of carbonyl (C=O) groups excluding carboxylic acids is 1. The monoisotopic (exact) mass is 499 g/mol. The molecule has 0 aliphatic carbocycles. The van der Waals surface area contributed by atoms with Crippen molar-refractivity contribution in [2.24, 2.45) is 0 Å². The van der Waals surface area contributed by atoms with E-state index in [4.69, 9.17) is 16.6 Å². The summed E-state index contributed by atoms with van der Waals surface area (Å²) < 4.78 is 15.2. The highest BCUT2D eigenvalue weighted by Crippen LogP contribution is 2.26. The molecule has 7 nitrogen and oxygen atoms in total. The summed E-state index contributed by atoms with van der Waals surface area (Å²) in [5, 5.41) is 3.24. The van der Waals surface area contributed by atoms with Gasteiger partial charge in [0.15, 0.2) is 0 Å². The fourth-order valence-corrected chi connectivity index (χ4v) is 4.49. The first-order chi connectivity index (χ1) is 16.5. The maximum Gasteiger partial charge on any atom is 0.262 e. The molecular formula is C26H31ClFN5O2. The van der Waals surface area contributed by atoms with Crippen LogP contribution in [0.4, 0.5) is 10.1 Å². The molecule has 35 heavy (non-hydrogen) atoms. The third-order valence-electron chi connectivity index (χ3n) is 6.02. The molecule has 1 aliphatic rings. The molecule has 1 saturated heterocycles. The zero-order valence-electron chi connectivity index (χ0n) is 20.6. The number of rotatable bonds is 4. The maximum absolute atomic E-state index is 13.8. The lowest BCUT2D eigenvalue weighted by Gasteiger charge is -2.24. The van der Waals surface area contributed by atoms with Crippen LogP contribution in [-0.2, 0) is 11.3 Å². The Bertz CT molecular complexity index is 1320. The molecule has 1 N–H and O–H groups in total. The van der Waals surface area contributed by atoms with E-state index in [-0.39, 0.29) is 28.9 Å². The van der Waals surface area contributed by atoms with Crippen molar-refractivity contribution >= 4 is 34.1 Å². The number of halogens is 2. The fourth-order valence-electron chi connectivity index (χ4n) is 4.31. The summed E-state index contributed by atoms with van der Waals surface area (Å²) in [4.78, 5) is 35.8. The van der Waals surface area contributed by atoms with Gasteiger partial charge in [0, 0.05) is 36.4 Å². The Balaban J connectivity index is 1.83. The Morgan fingerprint density at radius 1 is 1.11 bits per heavy atom. The van der Waals surface area contributed by atoms with E-state index in [1.165, 1.54) is 22.8 Å². The summed E-state index contributed by atoms with van der Waals surface area (Å²) in [5.74, 6) is -0.622. The summed E-state index contributed by atoms with van der Waals surface area (Å²) in [6, 6.07) is 9.81. The first kappa shape index (κ1) is 25.1. The molecule has 0 unspecified atom stereocenters. The van der Waals surface area contributed by atoms with Gasteiger partial charge >= 0.3 is 0 Å². The van der Waals surface area contributed by atoms with Gasteiger partial charge in [-0.2, -0.15) is 0 Å². The smallest absolute Gasteiger partial charge is 0.262 e. The van der Waals surface area contributed by atoms with Crippen LogP contribution < -0.4 is 15.8 Å². The van der Waals surface area contributed by atoms with Gasteiger partial charge in [-0.15, -0.1) is 0 Å². The van der Waals surface area contributed by atoms with Gasteiger partial charge in [-0.25, -0.2) is 9.37 Å². The van der Waals surface area contributed by atoms with Gasteiger partial charge in [0.25, 0.3) is 5.56 Å². The lowest BCUT2D eigenvalue weighted by atomic mass is 10.1. The van der Waals surface area contributed by atoms with E-state index in [1.807, 2.05) is 39.0 Å². The SMILES string of the molecule is CN1CCCN(c2ccc3nc(-c4ccc(F)c(Cl)c4)n(CC(=O)NC(C)(C)C)c(=O)c3c2)CC1. The van der Waals surface area contributed by atoms with Crippen LogP contribution in [0.5, 0.6) is 0 Å². The normalized spacial score (nSPS) is 15.3. The molecule has 0 spiro atoms. The number of carbonyl (C=O) groups is 1. The van der Waals surface area contributed by atoms with Crippen molar-refractivity contribution in [3.63, 3.8) is 0 Å². The lowest BCUT2D eigenvalue weighted by Crippen LogP contribution is -2.43. The van der Waals surface area contributed by atoms with Crippen molar-refractivity contribution in [3.8, 4) is 11.4 Å². The third kappa shape index (κ3) is 5.82. The second kappa shape index (κ2) is 9.95. The van der Waals surface area contributed by atoms with Crippen LogP contribution in [0.15, 0.2) is 41.2 Å². The lowest BCUT2D eigenvalue weighted by molar-refractivity contribution is -0.123. The first-order valence-corrected chi connectivity index (χ1v) is 12.1. The van der Waals surface area contributed by atoms with Crippen LogP contribution in [0.2, 0.25) is 5.02 Å². The van der Waals surface area contributed by atoms with E-state index in [2.05, 4.69) is 22.2 Å². The molecular weight excluding hydrogens is 469 g/mol. The molecule has 1 fully saturated rings. The van der Waals surface area contributed by atoms with E-state index in [0.717, 1.165) is 38.3 Å². The fraction of sp³-hybridized carbons (Fsp3) is 0.423. The number of nitrogens with zero attached hydrogens (tertiary/aromatic N) is 4. The van der Waals surface area contributed by atoms with Crippen LogP contribution >= 0.6 is 11.6 Å². The van der Waals surface area contributed by atoms with E-state index in [0.29, 0.717) is 16.5 Å². The molecule has 0 atom stereocenters. The first-order valence-electron chi connectivity index (χ1n) is 11.8. The summed E-state index contributed by atoms with van der Waals surface area (Å²) in [5.41, 5.74) is 1.13. The van der Waals surface area contributed by atoms with E-state index in [1.54, 1.807) is 0 Å². The number of hydrogen-bond acceptors (Lipinski definition) is 5. The van der Waals surface area contributed by atoms with Crippen LogP contribution in [0.25, 0.3) is 22.3 Å². The predicted molar refractivity (Wildman–Crippen MR) is 139 cm³/mol. The average Bonchev–Trinajstić information content (AvgIpc) is 3.00. The van der Waals surface area contributed by atoms with Crippen molar-refractivity contribution in [1.29, 1.82) is 0 Å². The molecule has 1 aliphatic heterocycles. The molecule has 9 heteroatoms. The highest BCUT2D eigenvalue weighted by Gasteiger charge is 2.21. The molecule has 2 aromatic carbocycles. The van der Waals surface area contributed by atoms with Crippen LogP contribution in [0.1, 0.15) is 27.2 Å². The summed E-state index contributed by atoms with van der Waals surface area (Å²) in [7, 11) is 2.11. The molecule has 0 radical (unpaired) electrons. The van der Waals surface area contributed by atoms with E-state index >= 15 is 0 Å². The molecule has 3 aromatic rings. The van der Waals surface area contributed by atoms with Crippen LogP contribution in [0.3, 0.4) is 0 Å². The van der Waals surface area contributed by atoms with Crippen molar-refractivity contribution in [3.05, 3.63) is 57.6 Å². The van der Waals surface area contributed by atoms with Crippen molar-refractivity contribution in [2.45, 2.75) is 39.3 Å². The van der Waals surface area contributed by atoms with Gasteiger partial charge in [0.05, 0.1) is 15.9 Å². The summed E-state index contributed by atoms with van der Waals surface area (Å²) >= 11 is 6.02. The Kier molecular flexibility index (Phi) is 7.15. The minimum Gasteiger partial charge on any atom is -0.370 e. The number of nitrogens with one attached hydrogen (secondary N) is 1. The molecule has 4 rings (SSSR count). The van der Waals surface area contributed by atoms with Crippen molar-refractivity contribution in [1.82, 2.24) is 19.8 Å². The summed E-state index contributed by atoms with van der Waals surface area (Å²) in [6.45, 7) is 9.14. The second-order valence-corrected chi connectivity index (χ2v) is 10.5. The minimum atomic E-state index is -0.566. The van der Waals surface area contributed by atoms with E-state index in [9.17, 15) is 14.0 Å². The van der Waals surface area contributed by atoms with Crippen molar-refractivity contribution < 1.29 is 9.18 Å². The zero-order valence-corrected chi connectivity index (χ0v) is 21.3. The van der Waals surface area contributed by atoms with Crippen LogP contribution in [0, 0.1) is 5.82 Å². The van der Waals surface area contributed by atoms with Gasteiger partial charge in [-0.1, -0.05) is 11.6 Å². The number of anilines is 1. The van der Waals surface area contributed by atoms with Gasteiger partial charge in [-0.05, 0) is 77.2 Å². The number of amides is 1. The number of likely N-dealkylation sites (N-methyl/N-ethyl adjacent to an activating group) is 1. The minimum absolute atomic E-state index is 0.0796. The Labute approximate surface area is 209 Å². The van der Waals surface area contributed by atoms with Crippen LogP contribution in [-0.4, -0.2) is 59.1 Å². The molecule has 0 bridgehead atoms. The third-order valence-corrected chi connectivity index (χ3v) is 6.31. The molecule has 186 valence electrons. The standard InChI is InChI=1S/C26H31ClFN5O2/c1-26(2,3)30-23(34)16-33-24(17-6-8-21(28)20(27)14-17)29-22-9-7-18(15-19(22)25(33)35)32-11-5-10-31(4)12-13-32/h6-9,14-15H,5,10-13,16H2,1-4H3,(H,30,34). The predicted octanol–water partition coefficient (Wildman–Crippen LogP) is 3.91. The van der Waals surface area contributed by atoms with Gasteiger partial charge < -0.3 is 15.1 Å². The van der Waals surface area contributed by atoms with Crippen molar-refractivity contribution in [2.75, 3.05) is 38.1 Å². The average molecular weight is 500 g/mol. The molecule has 1 aromatic heterocycles. The summed E-state index contributed by atoms with van der Waals surface area (Å²) in [6.07, 6.45) is 1.04. The topological polar surface area (TPSA) is 70.5 Å². The number of hydrogen-bond donors (Lipinski definition) is 1. The number of aromatic nitrogens is 2. The molecule has 2 heterocycles. The Hall–Kier alpha value is -2.97. The quantitative estimate of drug-likeness (QED) is 0.589. The Morgan fingerprint density at radius 3 is 2.60 bits per heavy atom. The van der Waals surface area contributed by atoms with Gasteiger partial charge in [-0.3, -0.25) is 14.2 Å². The van der Waals surface area contributed by atoms with E-state index < -0.39 is 11.4 Å². The van der Waals surface area contributed by atoms with Gasteiger partial charge in [0.2, 0.25) is 5.91 Å². The van der Waals surface area contributed by atoms with Gasteiger partial charge in [0.1, 0.15) is 18.2 Å². The largest absolute Gasteiger partial charge is 0.370 e. The highest BCUT2D eigenvalue weighted by atomic mass is 35.5. The highest BCUT2D eigenvalue weighted by molar-refractivity contribution is 6.31. The zero-order chi connectivity index (χ0) is 25.3. The number of fused-ring (bicyclic) bond motifs is 1. The second-order valence-electron chi connectivity index (χ2n) is 10.1. The molecule has 0 saturated carbocycles. The Morgan fingerprint density at radius 2 is 1.89 bits per heavy atom.